The van der Waals surface area contributed by atoms with Gasteiger partial charge in [0.1, 0.15) is 5.82 Å². The lowest BCUT2D eigenvalue weighted by molar-refractivity contribution is 0.0945. The van der Waals surface area contributed by atoms with Crippen LogP contribution in [0, 0.1) is 6.92 Å². The van der Waals surface area contributed by atoms with Gasteiger partial charge in [0.2, 0.25) is 0 Å². The van der Waals surface area contributed by atoms with E-state index in [1.165, 1.54) is 5.56 Å². The van der Waals surface area contributed by atoms with E-state index in [-0.39, 0.29) is 5.91 Å². The second kappa shape index (κ2) is 9.14. The van der Waals surface area contributed by atoms with Gasteiger partial charge in [0.15, 0.2) is 5.69 Å². The van der Waals surface area contributed by atoms with Gasteiger partial charge in [0.25, 0.3) is 5.91 Å². The minimum absolute atomic E-state index is 0.242. The van der Waals surface area contributed by atoms with E-state index >= 15 is 0 Å². The van der Waals surface area contributed by atoms with E-state index in [0.29, 0.717) is 24.6 Å². The molecule has 0 aliphatic carbocycles. The number of carbonyl (C=O) groups is 1. The summed E-state index contributed by atoms with van der Waals surface area (Å²) < 4.78 is 0. The van der Waals surface area contributed by atoms with Crippen molar-refractivity contribution < 1.29 is 4.79 Å². The van der Waals surface area contributed by atoms with Crippen LogP contribution in [-0.2, 0) is 13.0 Å². The van der Waals surface area contributed by atoms with Gasteiger partial charge in [0.05, 0.1) is 0 Å². The number of hydrogen-bond donors (Lipinski definition) is 2. The van der Waals surface area contributed by atoms with Crippen LogP contribution < -0.4 is 10.6 Å². The molecule has 1 heterocycles. The lowest BCUT2D eigenvalue weighted by atomic mass is 10.1. The molecule has 0 fully saturated rings. The highest BCUT2D eigenvalue weighted by molar-refractivity contribution is 6.30. The molecular weight excluding hydrogens is 360 g/mol. The van der Waals surface area contributed by atoms with Crippen LogP contribution in [0.2, 0.25) is 5.02 Å². The molecule has 0 saturated carbocycles. The smallest absolute Gasteiger partial charge is 0.272 e. The first-order valence-corrected chi connectivity index (χ1v) is 9.14. The molecule has 0 spiro atoms. The van der Waals surface area contributed by atoms with Crippen LogP contribution in [0.3, 0.4) is 0 Å². The number of amides is 1. The quantitative estimate of drug-likeness (QED) is 0.649. The second-order valence-corrected chi connectivity index (χ2v) is 6.72. The third-order valence-electron chi connectivity index (χ3n) is 4.08. The zero-order chi connectivity index (χ0) is 19.1. The topological polar surface area (TPSA) is 66.9 Å². The van der Waals surface area contributed by atoms with E-state index in [9.17, 15) is 4.79 Å². The van der Waals surface area contributed by atoms with E-state index in [2.05, 4.69) is 20.8 Å². The molecule has 6 heteroatoms. The van der Waals surface area contributed by atoms with Gasteiger partial charge in [-0.15, -0.1) is 10.2 Å². The fourth-order valence-corrected chi connectivity index (χ4v) is 2.77. The minimum atomic E-state index is -0.242. The fraction of sp³-hybridized carbons (Fsp3) is 0.190. The summed E-state index contributed by atoms with van der Waals surface area (Å²) in [5, 5.41) is 14.8. The van der Waals surface area contributed by atoms with Crippen LogP contribution in [-0.4, -0.2) is 22.6 Å². The molecule has 27 heavy (non-hydrogen) atoms. The number of aromatic nitrogens is 2. The van der Waals surface area contributed by atoms with Crippen molar-refractivity contribution in [3.8, 4) is 0 Å². The number of aryl methyl sites for hydroxylation is 1. The largest absolute Gasteiger partial charge is 0.368 e. The summed E-state index contributed by atoms with van der Waals surface area (Å²) in [5.41, 5.74) is 3.67. The van der Waals surface area contributed by atoms with Crippen LogP contribution in [0.1, 0.15) is 27.2 Å². The third kappa shape index (κ3) is 5.79. The molecule has 0 unspecified atom stereocenters. The monoisotopic (exact) mass is 380 g/mol. The Balaban J connectivity index is 1.47. The molecule has 3 aromatic rings. The molecule has 0 aliphatic rings. The summed E-state index contributed by atoms with van der Waals surface area (Å²) in [6, 6.07) is 19.2. The van der Waals surface area contributed by atoms with Crippen molar-refractivity contribution >= 4 is 23.3 Å². The highest BCUT2D eigenvalue weighted by atomic mass is 35.5. The SMILES string of the molecule is Cc1ccc(CNC(=O)c2ccc(NCCc3cccc(Cl)c3)nn2)cc1. The van der Waals surface area contributed by atoms with Crippen LogP contribution in [0.15, 0.2) is 60.7 Å². The maximum atomic E-state index is 12.2. The zero-order valence-corrected chi connectivity index (χ0v) is 15.8. The average Bonchev–Trinajstić information content (AvgIpc) is 2.68. The summed E-state index contributed by atoms with van der Waals surface area (Å²) in [4.78, 5) is 12.2. The number of halogens is 1. The van der Waals surface area contributed by atoms with Crippen molar-refractivity contribution in [3.63, 3.8) is 0 Å². The van der Waals surface area contributed by atoms with Crippen LogP contribution in [0.4, 0.5) is 5.82 Å². The maximum Gasteiger partial charge on any atom is 0.272 e. The standard InChI is InChI=1S/C21H21ClN4O/c1-15-5-7-17(8-6-15)14-24-21(27)19-9-10-20(26-25-19)23-12-11-16-3-2-4-18(22)13-16/h2-10,13H,11-12,14H2,1H3,(H,23,26)(H,24,27). The number of benzene rings is 2. The molecule has 1 aromatic heterocycles. The van der Waals surface area contributed by atoms with Crippen LogP contribution in [0.5, 0.6) is 0 Å². The van der Waals surface area contributed by atoms with Gasteiger partial charge >= 0.3 is 0 Å². The first-order valence-electron chi connectivity index (χ1n) is 8.76. The number of nitrogens with zero attached hydrogens (tertiary/aromatic N) is 2. The number of rotatable bonds is 7. The van der Waals surface area contributed by atoms with Crippen molar-refractivity contribution in [2.24, 2.45) is 0 Å². The molecule has 2 N–H and O–H groups in total. The highest BCUT2D eigenvalue weighted by Crippen LogP contribution is 2.11. The van der Waals surface area contributed by atoms with Gasteiger partial charge in [-0.2, -0.15) is 0 Å². The molecule has 0 atom stereocenters. The first-order chi connectivity index (χ1) is 13.1. The minimum Gasteiger partial charge on any atom is -0.368 e. The molecule has 0 bridgehead atoms. The van der Waals surface area contributed by atoms with Crippen molar-refractivity contribution in [1.29, 1.82) is 0 Å². The predicted octanol–water partition coefficient (Wildman–Crippen LogP) is 4.02. The molecule has 5 nitrogen and oxygen atoms in total. The Hall–Kier alpha value is -2.92. The Labute approximate surface area is 163 Å². The van der Waals surface area contributed by atoms with Gasteiger partial charge in [-0.1, -0.05) is 53.6 Å². The van der Waals surface area contributed by atoms with E-state index in [4.69, 9.17) is 11.6 Å². The van der Waals surface area contributed by atoms with Crippen molar-refractivity contribution in [2.45, 2.75) is 19.9 Å². The molecule has 138 valence electrons. The normalized spacial score (nSPS) is 10.4. The van der Waals surface area contributed by atoms with Gasteiger partial charge in [-0.25, -0.2) is 0 Å². The number of nitrogens with one attached hydrogen (secondary N) is 2. The Morgan fingerprint density at radius 1 is 1.00 bits per heavy atom. The third-order valence-corrected chi connectivity index (χ3v) is 4.31. The Morgan fingerprint density at radius 2 is 1.81 bits per heavy atom. The van der Waals surface area contributed by atoms with E-state index in [1.807, 2.05) is 55.5 Å². The fourth-order valence-electron chi connectivity index (χ4n) is 2.55. The molecule has 3 rings (SSSR count). The lowest BCUT2D eigenvalue weighted by Crippen LogP contribution is -2.24. The first kappa shape index (κ1) is 18.9. The number of hydrogen-bond acceptors (Lipinski definition) is 4. The average molecular weight is 381 g/mol. The Bertz CT molecular complexity index is 895. The lowest BCUT2D eigenvalue weighted by Gasteiger charge is -2.07. The zero-order valence-electron chi connectivity index (χ0n) is 15.1. The van der Waals surface area contributed by atoms with Gasteiger partial charge < -0.3 is 10.6 Å². The molecular formula is C21H21ClN4O. The van der Waals surface area contributed by atoms with E-state index in [0.717, 1.165) is 22.6 Å². The molecule has 0 saturated heterocycles. The van der Waals surface area contributed by atoms with Gasteiger partial charge in [-0.3, -0.25) is 4.79 Å². The van der Waals surface area contributed by atoms with Crippen molar-refractivity contribution in [1.82, 2.24) is 15.5 Å². The second-order valence-electron chi connectivity index (χ2n) is 6.28. The van der Waals surface area contributed by atoms with Crippen LogP contribution in [0.25, 0.3) is 0 Å². The summed E-state index contributed by atoms with van der Waals surface area (Å²) in [6.45, 7) is 3.19. The Morgan fingerprint density at radius 3 is 2.52 bits per heavy atom. The van der Waals surface area contributed by atoms with E-state index < -0.39 is 0 Å². The Kier molecular flexibility index (Phi) is 6.39. The van der Waals surface area contributed by atoms with Gasteiger partial charge in [0, 0.05) is 18.1 Å². The molecule has 0 radical (unpaired) electrons. The van der Waals surface area contributed by atoms with Crippen molar-refractivity contribution in [2.75, 3.05) is 11.9 Å². The molecule has 0 aliphatic heterocycles. The highest BCUT2D eigenvalue weighted by Gasteiger charge is 2.08. The van der Waals surface area contributed by atoms with Crippen molar-refractivity contribution in [3.05, 3.63) is 88.1 Å². The summed E-state index contributed by atoms with van der Waals surface area (Å²) in [7, 11) is 0. The number of carbonyl (C=O) groups excluding carboxylic acids is 1. The van der Waals surface area contributed by atoms with Gasteiger partial charge in [-0.05, 0) is 48.7 Å². The summed E-state index contributed by atoms with van der Waals surface area (Å²) >= 11 is 5.98. The number of anilines is 1. The molecule has 1 amide bonds. The summed E-state index contributed by atoms with van der Waals surface area (Å²) in [5.74, 6) is 0.390. The summed E-state index contributed by atoms with van der Waals surface area (Å²) in [6.07, 6.45) is 0.820. The van der Waals surface area contributed by atoms with Crippen LogP contribution >= 0.6 is 11.6 Å². The van der Waals surface area contributed by atoms with E-state index in [1.54, 1.807) is 12.1 Å². The maximum absolute atomic E-state index is 12.2. The predicted molar refractivity (Wildman–Crippen MR) is 108 cm³/mol. The molecule has 2 aromatic carbocycles.